The van der Waals surface area contributed by atoms with Gasteiger partial charge in [0.1, 0.15) is 5.82 Å². The predicted molar refractivity (Wildman–Crippen MR) is 54.7 cm³/mol. The van der Waals surface area contributed by atoms with Crippen molar-refractivity contribution in [3.63, 3.8) is 0 Å². The molecule has 15 heavy (non-hydrogen) atoms. The van der Waals surface area contributed by atoms with E-state index in [2.05, 4.69) is 5.32 Å². The summed E-state index contributed by atoms with van der Waals surface area (Å²) >= 11 is 0. The fourth-order valence-corrected chi connectivity index (χ4v) is 1.24. The first-order valence-corrected chi connectivity index (χ1v) is 4.77. The molecule has 0 fully saturated rings. The Bertz CT molecular complexity index is 324. The van der Waals surface area contributed by atoms with Gasteiger partial charge in [0.15, 0.2) is 0 Å². The van der Waals surface area contributed by atoms with E-state index in [9.17, 15) is 14.3 Å². The lowest BCUT2D eigenvalue weighted by Crippen LogP contribution is -2.22. The fourth-order valence-electron chi connectivity index (χ4n) is 1.24. The van der Waals surface area contributed by atoms with Crippen LogP contribution >= 0.6 is 0 Å². The Kier molecular flexibility index (Phi) is 4.24. The van der Waals surface area contributed by atoms with Crippen molar-refractivity contribution in [3.05, 3.63) is 35.6 Å². The highest BCUT2D eigenvalue weighted by Gasteiger charge is 2.07. The van der Waals surface area contributed by atoms with Crippen molar-refractivity contribution in [1.29, 1.82) is 0 Å². The number of hydrogen-bond acceptors (Lipinski definition) is 2. The summed E-state index contributed by atoms with van der Waals surface area (Å²) in [5.74, 6) is -0.450. The molecule has 0 aliphatic carbocycles. The predicted octanol–water partition coefficient (Wildman–Crippen LogP) is 1.39. The van der Waals surface area contributed by atoms with Gasteiger partial charge in [0.2, 0.25) is 5.91 Å². The number of aliphatic hydroxyl groups is 1. The Morgan fingerprint density at radius 3 is 2.60 bits per heavy atom. The van der Waals surface area contributed by atoms with Crippen LogP contribution in [0.5, 0.6) is 0 Å². The summed E-state index contributed by atoms with van der Waals surface area (Å²) in [5, 5.41) is 12.2. The van der Waals surface area contributed by atoms with E-state index in [1.807, 2.05) is 0 Å². The minimum Gasteiger partial charge on any atom is -0.388 e. The lowest BCUT2D eigenvalue weighted by Gasteiger charge is -2.10. The van der Waals surface area contributed by atoms with Crippen LogP contribution in [-0.4, -0.2) is 17.6 Å². The van der Waals surface area contributed by atoms with Gasteiger partial charge in [-0.15, -0.1) is 0 Å². The molecule has 0 saturated carbocycles. The van der Waals surface area contributed by atoms with E-state index in [1.165, 1.54) is 31.2 Å². The third-order valence-electron chi connectivity index (χ3n) is 2.05. The molecule has 0 saturated heterocycles. The molecule has 0 radical (unpaired) electrons. The maximum atomic E-state index is 12.6. The molecule has 0 aromatic heterocycles. The van der Waals surface area contributed by atoms with Crippen molar-refractivity contribution < 1.29 is 14.3 Å². The minimum atomic E-state index is -0.669. The molecule has 1 atom stereocenters. The average Bonchev–Trinajstić information content (AvgIpc) is 2.18. The summed E-state index contributed by atoms with van der Waals surface area (Å²) in [7, 11) is 0. The fraction of sp³-hybridized carbons (Fsp3) is 0.364. The molecule has 4 heteroatoms. The second-order valence-corrected chi connectivity index (χ2v) is 3.34. The van der Waals surface area contributed by atoms with Gasteiger partial charge in [0.25, 0.3) is 0 Å². The van der Waals surface area contributed by atoms with Crippen molar-refractivity contribution in [1.82, 2.24) is 5.32 Å². The molecule has 1 rings (SSSR count). The van der Waals surface area contributed by atoms with Crippen LogP contribution in [-0.2, 0) is 4.79 Å². The third-order valence-corrected chi connectivity index (χ3v) is 2.05. The van der Waals surface area contributed by atoms with Crippen molar-refractivity contribution in [2.45, 2.75) is 19.4 Å². The van der Waals surface area contributed by atoms with Gasteiger partial charge in [-0.3, -0.25) is 4.79 Å². The summed E-state index contributed by atoms with van der Waals surface area (Å²) in [6, 6.07) is 5.68. The molecule has 82 valence electrons. The van der Waals surface area contributed by atoms with Crippen molar-refractivity contribution >= 4 is 5.91 Å². The smallest absolute Gasteiger partial charge is 0.216 e. The third kappa shape index (κ3) is 4.08. The van der Waals surface area contributed by atoms with Crippen LogP contribution in [0.4, 0.5) is 4.39 Å². The Hall–Kier alpha value is -1.42. The first-order chi connectivity index (χ1) is 7.09. The summed E-state index contributed by atoms with van der Waals surface area (Å²) in [4.78, 5) is 10.6. The van der Waals surface area contributed by atoms with Gasteiger partial charge in [-0.25, -0.2) is 4.39 Å². The molecule has 0 aliphatic heterocycles. The van der Waals surface area contributed by atoms with Crippen LogP contribution in [0.25, 0.3) is 0 Å². The SMILES string of the molecule is CC(=O)NCCC(O)c1ccc(F)cc1. The summed E-state index contributed by atoms with van der Waals surface area (Å²) < 4.78 is 12.6. The van der Waals surface area contributed by atoms with Gasteiger partial charge in [-0.1, -0.05) is 12.1 Å². The topological polar surface area (TPSA) is 49.3 Å². The zero-order valence-corrected chi connectivity index (χ0v) is 8.53. The second-order valence-electron chi connectivity index (χ2n) is 3.34. The standard InChI is InChI=1S/C11H14FNO2/c1-8(14)13-7-6-11(15)9-2-4-10(12)5-3-9/h2-5,11,15H,6-7H2,1H3,(H,13,14). The summed E-state index contributed by atoms with van der Waals surface area (Å²) in [5.41, 5.74) is 0.654. The van der Waals surface area contributed by atoms with Crippen molar-refractivity contribution in [3.8, 4) is 0 Å². The number of nitrogens with one attached hydrogen (secondary N) is 1. The van der Waals surface area contributed by atoms with Gasteiger partial charge in [0.05, 0.1) is 6.10 Å². The van der Waals surface area contributed by atoms with E-state index in [1.54, 1.807) is 0 Å². The zero-order chi connectivity index (χ0) is 11.3. The molecule has 0 spiro atoms. The number of amides is 1. The normalized spacial score (nSPS) is 12.2. The summed E-state index contributed by atoms with van der Waals surface area (Å²) in [6.45, 7) is 1.83. The molecular formula is C11H14FNO2. The monoisotopic (exact) mass is 211 g/mol. The molecule has 0 aliphatic rings. The lowest BCUT2D eigenvalue weighted by atomic mass is 10.1. The number of carbonyl (C=O) groups is 1. The molecule has 2 N–H and O–H groups in total. The lowest BCUT2D eigenvalue weighted by molar-refractivity contribution is -0.119. The van der Waals surface area contributed by atoms with Crippen LogP contribution in [0.15, 0.2) is 24.3 Å². The average molecular weight is 211 g/mol. The molecule has 0 heterocycles. The van der Waals surface area contributed by atoms with E-state index in [4.69, 9.17) is 0 Å². The number of aliphatic hydroxyl groups excluding tert-OH is 1. The molecule has 1 aromatic carbocycles. The number of hydrogen-bond donors (Lipinski definition) is 2. The van der Waals surface area contributed by atoms with Gasteiger partial charge < -0.3 is 10.4 Å². The highest BCUT2D eigenvalue weighted by atomic mass is 19.1. The first kappa shape index (κ1) is 11.7. The zero-order valence-electron chi connectivity index (χ0n) is 8.53. The van der Waals surface area contributed by atoms with Crippen LogP contribution in [0.3, 0.4) is 0 Å². The molecule has 3 nitrogen and oxygen atoms in total. The number of rotatable bonds is 4. The van der Waals surface area contributed by atoms with E-state index < -0.39 is 6.10 Å². The van der Waals surface area contributed by atoms with Crippen LogP contribution in [0.2, 0.25) is 0 Å². The Labute approximate surface area is 87.9 Å². The maximum absolute atomic E-state index is 12.6. The summed E-state index contributed by atoms with van der Waals surface area (Å²) in [6.07, 6.45) is -0.247. The number of carbonyl (C=O) groups excluding carboxylic acids is 1. The number of benzene rings is 1. The highest BCUT2D eigenvalue weighted by molar-refractivity contribution is 5.72. The van der Waals surface area contributed by atoms with Crippen molar-refractivity contribution in [2.75, 3.05) is 6.54 Å². The van der Waals surface area contributed by atoms with E-state index in [0.717, 1.165) is 0 Å². The highest BCUT2D eigenvalue weighted by Crippen LogP contribution is 2.15. The van der Waals surface area contributed by atoms with Gasteiger partial charge in [0, 0.05) is 13.5 Å². The number of halogens is 1. The minimum absolute atomic E-state index is 0.124. The van der Waals surface area contributed by atoms with E-state index in [0.29, 0.717) is 18.5 Å². The molecule has 1 unspecified atom stereocenters. The maximum Gasteiger partial charge on any atom is 0.216 e. The Morgan fingerprint density at radius 1 is 1.47 bits per heavy atom. The molecule has 1 amide bonds. The Morgan fingerprint density at radius 2 is 2.07 bits per heavy atom. The van der Waals surface area contributed by atoms with Gasteiger partial charge in [-0.2, -0.15) is 0 Å². The van der Waals surface area contributed by atoms with E-state index >= 15 is 0 Å². The van der Waals surface area contributed by atoms with Crippen LogP contribution in [0, 0.1) is 5.82 Å². The molecule has 0 bridgehead atoms. The van der Waals surface area contributed by atoms with Crippen LogP contribution in [0.1, 0.15) is 25.0 Å². The second kappa shape index (κ2) is 5.46. The molecular weight excluding hydrogens is 197 g/mol. The quantitative estimate of drug-likeness (QED) is 0.790. The van der Waals surface area contributed by atoms with Gasteiger partial charge in [-0.05, 0) is 24.1 Å². The van der Waals surface area contributed by atoms with Crippen molar-refractivity contribution in [2.24, 2.45) is 0 Å². The first-order valence-electron chi connectivity index (χ1n) is 4.77. The largest absolute Gasteiger partial charge is 0.388 e. The van der Waals surface area contributed by atoms with E-state index in [-0.39, 0.29) is 11.7 Å². The molecule has 1 aromatic rings. The van der Waals surface area contributed by atoms with Gasteiger partial charge >= 0.3 is 0 Å². The van der Waals surface area contributed by atoms with Crippen LogP contribution < -0.4 is 5.32 Å². The Balaban J connectivity index is 2.43.